The number of benzene rings is 3. The summed E-state index contributed by atoms with van der Waals surface area (Å²) in [6.45, 7) is 1.89. The standard InChI is InChI=1S/C22H21N3O2S/c1-17(24(2)28(26,27)20-8-4-3-5-9-20)18-12-14-19(15-13-18)25-16-23-21-10-6-7-11-22(21)25/h3-17H,1-2H3. The second-order valence-electron chi connectivity index (χ2n) is 6.71. The number of para-hydroxylation sites is 2. The summed E-state index contributed by atoms with van der Waals surface area (Å²) in [5.41, 5.74) is 3.88. The highest BCUT2D eigenvalue weighted by molar-refractivity contribution is 7.89. The molecule has 3 aromatic carbocycles. The van der Waals surface area contributed by atoms with Crippen LogP contribution in [0.15, 0.2) is 90.1 Å². The quantitative estimate of drug-likeness (QED) is 0.506. The van der Waals surface area contributed by atoms with Gasteiger partial charge in [0, 0.05) is 18.8 Å². The molecule has 0 amide bonds. The lowest BCUT2D eigenvalue weighted by molar-refractivity contribution is 0.398. The molecule has 0 N–H and O–H groups in total. The van der Waals surface area contributed by atoms with E-state index >= 15 is 0 Å². The zero-order chi connectivity index (χ0) is 19.7. The highest BCUT2D eigenvalue weighted by atomic mass is 32.2. The third kappa shape index (κ3) is 3.21. The summed E-state index contributed by atoms with van der Waals surface area (Å²) in [7, 11) is -1.94. The Morgan fingerprint density at radius 1 is 0.893 bits per heavy atom. The maximum absolute atomic E-state index is 12.9. The monoisotopic (exact) mass is 391 g/mol. The Bertz CT molecular complexity index is 1200. The Kier molecular flexibility index (Phi) is 4.75. The van der Waals surface area contributed by atoms with Crippen molar-refractivity contribution < 1.29 is 8.42 Å². The topological polar surface area (TPSA) is 55.2 Å². The molecule has 1 heterocycles. The van der Waals surface area contributed by atoms with Gasteiger partial charge in [0.05, 0.1) is 15.9 Å². The zero-order valence-electron chi connectivity index (χ0n) is 15.7. The van der Waals surface area contributed by atoms with Crippen LogP contribution in [-0.2, 0) is 10.0 Å². The maximum atomic E-state index is 12.9. The van der Waals surface area contributed by atoms with Gasteiger partial charge in [-0.2, -0.15) is 4.31 Å². The maximum Gasteiger partial charge on any atom is 0.243 e. The average Bonchev–Trinajstić information content (AvgIpc) is 3.17. The van der Waals surface area contributed by atoms with Crippen LogP contribution < -0.4 is 0 Å². The Balaban J connectivity index is 1.62. The van der Waals surface area contributed by atoms with E-state index in [4.69, 9.17) is 0 Å². The van der Waals surface area contributed by atoms with Crippen LogP contribution in [0, 0.1) is 0 Å². The van der Waals surface area contributed by atoms with Gasteiger partial charge in [0.1, 0.15) is 6.33 Å². The van der Waals surface area contributed by atoms with Gasteiger partial charge in [-0.1, -0.05) is 42.5 Å². The van der Waals surface area contributed by atoms with Crippen LogP contribution in [0.2, 0.25) is 0 Å². The van der Waals surface area contributed by atoms with Gasteiger partial charge >= 0.3 is 0 Å². The van der Waals surface area contributed by atoms with Crippen molar-refractivity contribution in [3.05, 3.63) is 90.8 Å². The molecule has 1 unspecified atom stereocenters. The molecule has 1 aromatic heterocycles. The van der Waals surface area contributed by atoms with E-state index in [1.54, 1.807) is 43.7 Å². The molecule has 4 rings (SSSR count). The van der Waals surface area contributed by atoms with Gasteiger partial charge in [0.25, 0.3) is 0 Å². The third-order valence-electron chi connectivity index (χ3n) is 5.07. The van der Waals surface area contributed by atoms with Gasteiger partial charge in [-0.25, -0.2) is 13.4 Å². The molecule has 0 aliphatic rings. The van der Waals surface area contributed by atoms with Gasteiger partial charge in [0.15, 0.2) is 0 Å². The van der Waals surface area contributed by atoms with Gasteiger partial charge in [-0.15, -0.1) is 0 Å². The second kappa shape index (κ2) is 7.22. The van der Waals surface area contributed by atoms with Crippen LogP contribution in [0.4, 0.5) is 0 Å². The van der Waals surface area contributed by atoms with Crippen molar-refractivity contribution >= 4 is 21.1 Å². The Morgan fingerprint density at radius 2 is 1.54 bits per heavy atom. The fraction of sp³-hybridized carbons (Fsp3) is 0.136. The normalized spacial score (nSPS) is 13.1. The van der Waals surface area contributed by atoms with Gasteiger partial charge in [0.2, 0.25) is 10.0 Å². The largest absolute Gasteiger partial charge is 0.299 e. The molecule has 6 heteroatoms. The smallest absolute Gasteiger partial charge is 0.243 e. The Labute approximate surface area is 164 Å². The first-order valence-electron chi connectivity index (χ1n) is 9.04. The van der Waals surface area contributed by atoms with E-state index in [0.29, 0.717) is 4.90 Å². The summed E-state index contributed by atoms with van der Waals surface area (Å²) in [4.78, 5) is 4.72. The van der Waals surface area contributed by atoms with Crippen molar-refractivity contribution in [2.75, 3.05) is 7.05 Å². The van der Waals surface area contributed by atoms with Crippen LogP contribution in [0.25, 0.3) is 16.7 Å². The number of rotatable bonds is 5. The molecule has 28 heavy (non-hydrogen) atoms. The van der Waals surface area contributed by atoms with Crippen molar-refractivity contribution in [3.63, 3.8) is 0 Å². The molecular weight excluding hydrogens is 370 g/mol. The number of nitrogens with zero attached hydrogens (tertiary/aromatic N) is 3. The van der Waals surface area contributed by atoms with Gasteiger partial charge in [-0.05, 0) is 48.9 Å². The lowest BCUT2D eigenvalue weighted by atomic mass is 10.1. The molecule has 0 aliphatic heterocycles. The van der Waals surface area contributed by atoms with Crippen molar-refractivity contribution in [2.45, 2.75) is 17.9 Å². The fourth-order valence-corrected chi connectivity index (χ4v) is 4.63. The highest BCUT2D eigenvalue weighted by Crippen LogP contribution is 2.27. The molecule has 0 fully saturated rings. The van der Waals surface area contributed by atoms with Crippen molar-refractivity contribution in [1.82, 2.24) is 13.9 Å². The molecule has 0 spiro atoms. The molecule has 0 saturated carbocycles. The molecule has 0 saturated heterocycles. The Hall–Kier alpha value is -2.96. The highest BCUT2D eigenvalue weighted by Gasteiger charge is 2.26. The van der Waals surface area contributed by atoms with E-state index in [1.807, 2.05) is 60.0 Å². The SMILES string of the molecule is CC(c1ccc(-n2cnc3ccccc32)cc1)N(C)S(=O)(=O)c1ccccc1. The van der Waals surface area contributed by atoms with E-state index in [1.165, 1.54) is 4.31 Å². The third-order valence-corrected chi connectivity index (χ3v) is 7.02. The molecule has 0 aliphatic carbocycles. The summed E-state index contributed by atoms with van der Waals surface area (Å²) >= 11 is 0. The van der Waals surface area contributed by atoms with Crippen LogP contribution >= 0.6 is 0 Å². The van der Waals surface area contributed by atoms with Gasteiger partial charge < -0.3 is 0 Å². The lowest BCUT2D eigenvalue weighted by Crippen LogP contribution is -2.29. The molecular formula is C22H21N3O2S. The van der Waals surface area contributed by atoms with E-state index in [0.717, 1.165) is 22.3 Å². The lowest BCUT2D eigenvalue weighted by Gasteiger charge is -2.25. The summed E-state index contributed by atoms with van der Waals surface area (Å²) in [5.74, 6) is 0. The number of hydrogen-bond donors (Lipinski definition) is 0. The molecule has 142 valence electrons. The second-order valence-corrected chi connectivity index (χ2v) is 8.70. The van der Waals surface area contributed by atoms with Crippen molar-refractivity contribution in [3.8, 4) is 5.69 Å². The predicted molar refractivity (Wildman–Crippen MR) is 111 cm³/mol. The first-order valence-corrected chi connectivity index (χ1v) is 10.5. The minimum atomic E-state index is -3.55. The van der Waals surface area contributed by atoms with Crippen molar-refractivity contribution in [2.24, 2.45) is 0 Å². The first kappa shape index (κ1) is 18.4. The fourth-order valence-electron chi connectivity index (χ4n) is 3.26. The summed E-state index contributed by atoms with van der Waals surface area (Å²) in [5, 5.41) is 0. The summed E-state index contributed by atoms with van der Waals surface area (Å²) in [6.07, 6.45) is 1.80. The molecule has 5 nitrogen and oxygen atoms in total. The number of sulfonamides is 1. The Morgan fingerprint density at radius 3 is 2.25 bits per heavy atom. The first-order chi connectivity index (χ1) is 13.5. The molecule has 1 atom stereocenters. The predicted octanol–water partition coefficient (Wildman–Crippen LogP) is 4.41. The number of aromatic nitrogens is 2. The van der Waals surface area contributed by atoms with Crippen LogP contribution in [0.3, 0.4) is 0 Å². The average molecular weight is 391 g/mol. The number of imidazole rings is 1. The van der Waals surface area contributed by atoms with Gasteiger partial charge in [-0.3, -0.25) is 4.57 Å². The minimum absolute atomic E-state index is 0.293. The van der Waals surface area contributed by atoms with Crippen LogP contribution in [-0.4, -0.2) is 29.3 Å². The molecule has 0 bridgehead atoms. The number of hydrogen-bond acceptors (Lipinski definition) is 3. The summed E-state index contributed by atoms with van der Waals surface area (Å²) in [6, 6.07) is 24.1. The number of fused-ring (bicyclic) bond motifs is 1. The summed E-state index contributed by atoms with van der Waals surface area (Å²) < 4.78 is 29.1. The van der Waals surface area contributed by atoms with E-state index < -0.39 is 10.0 Å². The van der Waals surface area contributed by atoms with Crippen LogP contribution in [0.5, 0.6) is 0 Å². The molecule has 4 aromatic rings. The molecule has 0 radical (unpaired) electrons. The van der Waals surface area contributed by atoms with E-state index in [9.17, 15) is 8.42 Å². The van der Waals surface area contributed by atoms with Crippen molar-refractivity contribution in [1.29, 1.82) is 0 Å². The van der Waals surface area contributed by atoms with E-state index in [-0.39, 0.29) is 6.04 Å². The van der Waals surface area contributed by atoms with Crippen LogP contribution in [0.1, 0.15) is 18.5 Å². The minimum Gasteiger partial charge on any atom is -0.299 e. The van der Waals surface area contributed by atoms with E-state index in [2.05, 4.69) is 4.98 Å². The zero-order valence-corrected chi connectivity index (χ0v) is 16.5.